The van der Waals surface area contributed by atoms with Crippen LogP contribution in [0.4, 0.5) is 5.95 Å². The first-order valence-corrected chi connectivity index (χ1v) is 13.3. The van der Waals surface area contributed by atoms with E-state index < -0.39 is 55.8 Å². The van der Waals surface area contributed by atoms with E-state index in [9.17, 15) is 28.9 Å². The predicted octanol–water partition coefficient (Wildman–Crippen LogP) is -1.40. The highest BCUT2D eigenvalue weighted by Crippen LogP contribution is 2.52. The molecule has 198 valence electrons. The van der Waals surface area contributed by atoms with Gasteiger partial charge in [0.1, 0.15) is 24.4 Å². The molecule has 2 fully saturated rings. The number of nitrogens with one attached hydrogen (secondary N) is 3. The van der Waals surface area contributed by atoms with E-state index >= 15 is 0 Å². The monoisotopic (exact) mass is 547 g/mol. The molecular weight excluding hydrogens is 521 g/mol. The number of nitrogens with zero attached hydrogens (tertiary/aromatic N) is 3. The van der Waals surface area contributed by atoms with Gasteiger partial charge in [-0.25, -0.2) is 9.55 Å². The van der Waals surface area contributed by atoms with Gasteiger partial charge in [0.15, 0.2) is 22.5 Å². The highest BCUT2D eigenvalue weighted by Gasteiger charge is 2.53. The number of fused-ring (bicyclic) bond motifs is 2. The summed E-state index contributed by atoms with van der Waals surface area (Å²) in [6.45, 7) is 4.49. The van der Waals surface area contributed by atoms with Crippen LogP contribution in [0.3, 0.4) is 0 Å². The molecule has 2 aromatic rings. The number of aliphatic hydroxyl groups is 1. The molecule has 0 bridgehead atoms. The maximum absolute atomic E-state index is 12.6. The van der Waals surface area contributed by atoms with Crippen LogP contribution in [-0.4, -0.2) is 84.1 Å². The van der Waals surface area contributed by atoms with Gasteiger partial charge in [0.25, 0.3) is 5.56 Å². The molecule has 2 aliphatic rings. The zero-order valence-electron chi connectivity index (χ0n) is 19.4. The largest absolute Gasteiger partial charge is 0.472 e. The molecule has 6 atom stereocenters. The van der Waals surface area contributed by atoms with Crippen LogP contribution in [0.5, 0.6) is 0 Å². The standard InChI is InChI=1S/C18H26N7O9PS/c1-6(2)20-14(28)8(21-7(3)26)5-36-18-22-10-13(23-17(19)24-15(10)29)25(18)16-11(27)12-9(33-16)4-32-35(30,31)34-12/h6,8-9,11-12,16,27H,4-5H2,1-3H3,(H,20,28)(H,21,26)(H,30,31)(H3,19,23,24,29)/t8-,9?,11?,12?,16?/m0/s1. The lowest BCUT2D eigenvalue weighted by atomic mass is 10.1. The van der Waals surface area contributed by atoms with Crippen LogP contribution in [0.15, 0.2) is 9.95 Å². The zero-order chi connectivity index (χ0) is 26.4. The molecule has 0 aromatic carbocycles. The fourth-order valence-electron chi connectivity index (χ4n) is 3.83. The van der Waals surface area contributed by atoms with E-state index in [-0.39, 0.29) is 40.7 Å². The van der Waals surface area contributed by atoms with Crippen LogP contribution in [0.1, 0.15) is 27.0 Å². The van der Waals surface area contributed by atoms with Crippen LogP contribution in [0, 0.1) is 0 Å². The number of aliphatic hydroxyl groups excluding tert-OH is 1. The minimum Gasteiger partial charge on any atom is -0.386 e. The summed E-state index contributed by atoms with van der Waals surface area (Å²) in [5, 5.41) is 16.3. The minimum atomic E-state index is -4.38. The highest BCUT2D eigenvalue weighted by atomic mass is 32.2. The van der Waals surface area contributed by atoms with E-state index in [2.05, 4.69) is 25.6 Å². The lowest BCUT2D eigenvalue weighted by Crippen LogP contribution is -2.49. The van der Waals surface area contributed by atoms with Gasteiger partial charge in [0, 0.05) is 18.7 Å². The molecule has 0 spiro atoms. The first kappa shape index (κ1) is 26.5. The first-order chi connectivity index (χ1) is 16.9. The van der Waals surface area contributed by atoms with Crippen molar-refractivity contribution in [1.82, 2.24) is 30.2 Å². The van der Waals surface area contributed by atoms with Gasteiger partial charge < -0.3 is 31.1 Å². The van der Waals surface area contributed by atoms with Crippen molar-refractivity contribution in [3.8, 4) is 0 Å². The lowest BCUT2D eigenvalue weighted by molar-refractivity contribution is -0.127. The van der Waals surface area contributed by atoms with Gasteiger partial charge in [0.05, 0.1) is 6.61 Å². The number of H-pyrrole nitrogens is 1. The molecule has 2 aromatic heterocycles. The van der Waals surface area contributed by atoms with Gasteiger partial charge in [-0.3, -0.25) is 33.0 Å². The number of amides is 2. The maximum atomic E-state index is 12.6. The summed E-state index contributed by atoms with van der Waals surface area (Å²) < 4.78 is 28.8. The first-order valence-electron chi connectivity index (χ1n) is 10.8. The van der Waals surface area contributed by atoms with Gasteiger partial charge in [0.2, 0.25) is 17.8 Å². The molecule has 18 heteroatoms. The molecule has 16 nitrogen and oxygen atoms in total. The molecule has 0 radical (unpaired) electrons. The normalized spacial score (nSPS) is 28.7. The number of phosphoric ester groups is 1. The lowest BCUT2D eigenvalue weighted by Gasteiger charge is -2.27. The molecular formula is C18H26N7O9PS. The molecule has 36 heavy (non-hydrogen) atoms. The molecule has 0 aliphatic carbocycles. The number of aromatic amines is 1. The van der Waals surface area contributed by atoms with Crippen molar-refractivity contribution in [3.63, 3.8) is 0 Å². The van der Waals surface area contributed by atoms with E-state index in [0.29, 0.717) is 0 Å². The summed E-state index contributed by atoms with van der Waals surface area (Å²) in [6, 6.07) is -1.13. The van der Waals surface area contributed by atoms with Gasteiger partial charge in [-0.2, -0.15) is 4.98 Å². The average Bonchev–Trinajstić information content (AvgIpc) is 3.27. The van der Waals surface area contributed by atoms with Crippen molar-refractivity contribution < 1.29 is 37.9 Å². The number of rotatable bonds is 7. The summed E-state index contributed by atoms with van der Waals surface area (Å²) in [6.07, 6.45) is -4.85. The van der Waals surface area contributed by atoms with Crippen LogP contribution >= 0.6 is 19.6 Å². The van der Waals surface area contributed by atoms with E-state index in [1.807, 2.05) is 0 Å². The fourth-order valence-corrected chi connectivity index (χ4v) is 5.83. The maximum Gasteiger partial charge on any atom is 0.472 e. The SMILES string of the molecule is CC(=O)N[C@@H](CSc1nc2c(=O)[nH]c(N)nc2n1C1OC2COP(=O)(O)OC2C1O)C(=O)NC(C)C. The number of hydrogen-bond donors (Lipinski definition) is 6. The second kappa shape index (κ2) is 10.1. The van der Waals surface area contributed by atoms with Gasteiger partial charge >= 0.3 is 7.82 Å². The van der Waals surface area contributed by atoms with Crippen molar-refractivity contribution in [3.05, 3.63) is 10.4 Å². The van der Waals surface area contributed by atoms with E-state index in [4.69, 9.17) is 19.5 Å². The Morgan fingerprint density at radius 1 is 1.36 bits per heavy atom. The number of imidazole rings is 1. The second-order valence-corrected chi connectivity index (χ2v) is 10.9. The van der Waals surface area contributed by atoms with Crippen LogP contribution in [-0.2, 0) is 27.9 Å². The third kappa shape index (κ3) is 5.41. The number of phosphoric acid groups is 1. The quantitative estimate of drug-likeness (QED) is 0.173. The van der Waals surface area contributed by atoms with E-state index in [1.54, 1.807) is 13.8 Å². The average molecular weight is 547 g/mol. The van der Waals surface area contributed by atoms with Gasteiger partial charge in [-0.15, -0.1) is 0 Å². The Kier molecular flexibility index (Phi) is 7.43. The molecule has 2 amide bonds. The van der Waals surface area contributed by atoms with Crippen molar-refractivity contribution in [2.24, 2.45) is 0 Å². The molecule has 2 saturated heterocycles. The Labute approximate surface area is 207 Å². The summed E-state index contributed by atoms with van der Waals surface area (Å²) >= 11 is 0.990. The number of ether oxygens (including phenoxy) is 1. The molecule has 0 saturated carbocycles. The van der Waals surface area contributed by atoms with Crippen LogP contribution in [0.2, 0.25) is 0 Å². The summed E-state index contributed by atoms with van der Waals surface area (Å²) in [5.41, 5.74) is 4.91. The van der Waals surface area contributed by atoms with Crippen molar-refractivity contribution in [2.45, 2.75) is 62.6 Å². The van der Waals surface area contributed by atoms with Crippen LogP contribution < -0.4 is 21.9 Å². The second-order valence-electron chi connectivity index (χ2n) is 8.51. The number of nitrogens with two attached hydrogens (primary N) is 1. The molecule has 5 unspecified atom stereocenters. The molecule has 7 N–H and O–H groups in total. The summed E-state index contributed by atoms with van der Waals surface area (Å²) in [4.78, 5) is 57.2. The number of carbonyl (C=O) groups is 2. The Bertz CT molecular complexity index is 1280. The number of aromatic nitrogens is 4. The van der Waals surface area contributed by atoms with Gasteiger partial charge in [-0.1, -0.05) is 11.8 Å². The van der Waals surface area contributed by atoms with E-state index in [0.717, 1.165) is 11.8 Å². The van der Waals surface area contributed by atoms with Crippen LogP contribution in [0.25, 0.3) is 11.2 Å². The Morgan fingerprint density at radius 3 is 2.75 bits per heavy atom. The topological polar surface area (TPSA) is 233 Å². The van der Waals surface area contributed by atoms with Crippen molar-refractivity contribution >= 4 is 48.5 Å². The van der Waals surface area contributed by atoms with Crippen molar-refractivity contribution in [2.75, 3.05) is 18.1 Å². The number of hydrogen-bond acceptors (Lipinski definition) is 12. The van der Waals surface area contributed by atoms with Gasteiger partial charge in [-0.05, 0) is 13.8 Å². The smallest absolute Gasteiger partial charge is 0.386 e. The molecule has 2 aliphatic heterocycles. The Balaban J connectivity index is 1.70. The molecule has 4 heterocycles. The minimum absolute atomic E-state index is 0.00400. The molecule has 4 rings (SSSR count). The number of thioether (sulfide) groups is 1. The number of nitrogen functional groups attached to an aromatic ring is 1. The zero-order valence-corrected chi connectivity index (χ0v) is 21.1. The highest BCUT2D eigenvalue weighted by molar-refractivity contribution is 7.99. The Morgan fingerprint density at radius 2 is 2.08 bits per heavy atom. The number of carbonyl (C=O) groups excluding carboxylic acids is 2. The number of anilines is 1. The predicted molar refractivity (Wildman–Crippen MR) is 125 cm³/mol. The summed E-state index contributed by atoms with van der Waals surface area (Å²) in [7, 11) is -4.38. The third-order valence-corrected chi connectivity index (χ3v) is 7.29. The van der Waals surface area contributed by atoms with Crippen molar-refractivity contribution in [1.29, 1.82) is 0 Å². The summed E-state index contributed by atoms with van der Waals surface area (Å²) in [5.74, 6) is -1.08. The van der Waals surface area contributed by atoms with E-state index in [1.165, 1.54) is 11.5 Å². The fraction of sp³-hybridized carbons (Fsp3) is 0.611. The Hall–Kier alpha value is -2.53. The third-order valence-electron chi connectivity index (χ3n) is 5.26.